The molecule has 0 aliphatic rings. The number of rotatable bonds is 4. The van der Waals surface area contributed by atoms with Gasteiger partial charge in [0.1, 0.15) is 5.82 Å². The Bertz CT molecular complexity index is 370. The second kappa shape index (κ2) is 5.14. The lowest BCUT2D eigenvalue weighted by Crippen LogP contribution is -2.16. The van der Waals surface area contributed by atoms with Crippen molar-refractivity contribution in [3.63, 3.8) is 0 Å². The molecule has 1 atom stereocenters. The third kappa shape index (κ3) is 3.21. The highest BCUT2D eigenvalue weighted by Gasteiger charge is 2.15. The fraction of sp³-hybridized carbons (Fsp3) is 0.300. The first kappa shape index (κ1) is 12.0. The molecule has 0 aromatic heterocycles. The van der Waals surface area contributed by atoms with E-state index >= 15 is 0 Å². The molecule has 0 amide bonds. The van der Waals surface area contributed by atoms with Gasteiger partial charge >= 0.3 is 5.97 Å². The van der Waals surface area contributed by atoms with Crippen LogP contribution in [0.2, 0.25) is 0 Å². The number of hydrogen-bond acceptors (Lipinski definition) is 3. The molecule has 0 spiro atoms. The van der Waals surface area contributed by atoms with Gasteiger partial charge in [-0.05, 0) is 24.5 Å². The summed E-state index contributed by atoms with van der Waals surface area (Å²) < 4.78 is 13.3. The number of carbonyl (C=O) groups is 1. The molecule has 0 radical (unpaired) electrons. The van der Waals surface area contributed by atoms with Gasteiger partial charge in [-0.25, -0.2) is 4.39 Å². The maximum atomic E-state index is 13.3. The Balaban J connectivity index is 2.95. The van der Waals surface area contributed by atoms with Crippen LogP contribution >= 0.6 is 11.8 Å². The van der Waals surface area contributed by atoms with Gasteiger partial charge in [0.15, 0.2) is 0 Å². The van der Waals surface area contributed by atoms with Crippen LogP contribution in [0.15, 0.2) is 23.1 Å². The second-order valence-corrected chi connectivity index (χ2v) is 3.97. The molecule has 1 rings (SSSR count). The van der Waals surface area contributed by atoms with E-state index in [-0.39, 0.29) is 12.0 Å². The Morgan fingerprint density at radius 1 is 1.67 bits per heavy atom. The van der Waals surface area contributed by atoms with Crippen molar-refractivity contribution in [2.75, 3.05) is 6.26 Å². The Labute approximate surface area is 91.5 Å². The van der Waals surface area contributed by atoms with Gasteiger partial charge in [0, 0.05) is 16.5 Å². The lowest BCUT2D eigenvalue weighted by molar-refractivity contribution is -0.137. The summed E-state index contributed by atoms with van der Waals surface area (Å²) in [6.45, 7) is 0. The largest absolute Gasteiger partial charge is 0.481 e. The Kier molecular flexibility index (Phi) is 4.11. The molecule has 1 aromatic rings. The van der Waals surface area contributed by atoms with Crippen molar-refractivity contribution in [3.05, 3.63) is 29.6 Å². The SMILES string of the molecule is CSc1ccc(F)c(C(N)CC(=O)O)c1. The van der Waals surface area contributed by atoms with Gasteiger partial charge < -0.3 is 10.8 Å². The van der Waals surface area contributed by atoms with Crippen LogP contribution in [0.4, 0.5) is 4.39 Å². The summed E-state index contributed by atoms with van der Waals surface area (Å²) in [7, 11) is 0. The molecule has 3 nitrogen and oxygen atoms in total. The molecule has 0 aliphatic carbocycles. The highest BCUT2D eigenvalue weighted by atomic mass is 32.2. The van der Waals surface area contributed by atoms with E-state index in [4.69, 9.17) is 10.8 Å². The molecule has 0 bridgehead atoms. The van der Waals surface area contributed by atoms with Gasteiger partial charge in [-0.3, -0.25) is 4.79 Å². The maximum absolute atomic E-state index is 13.3. The Morgan fingerprint density at radius 2 is 2.33 bits per heavy atom. The van der Waals surface area contributed by atoms with Gasteiger partial charge in [0.05, 0.1) is 6.42 Å². The highest BCUT2D eigenvalue weighted by molar-refractivity contribution is 7.98. The number of hydrogen-bond donors (Lipinski definition) is 2. The topological polar surface area (TPSA) is 63.3 Å². The zero-order chi connectivity index (χ0) is 11.4. The normalized spacial score (nSPS) is 12.5. The number of thioether (sulfide) groups is 1. The van der Waals surface area contributed by atoms with Gasteiger partial charge in [0.25, 0.3) is 0 Å². The van der Waals surface area contributed by atoms with Gasteiger partial charge in [-0.15, -0.1) is 11.8 Å². The van der Waals surface area contributed by atoms with Crippen LogP contribution in [0, 0.1) is 5.82 Å². The van der Waals surface area contributed by atoms with Crippen LogP contribution in [0.5, 0.6) is 0 Å². The van der Waals surface area contributed by atoms with Crippen LogP contribution in [0.3, 0.4) is 0 Å². The zero-order valence-electron chi connectivity index (χ0n) is 8.24. The predicted molar refractivity (Wildman–Crippen MR) is 57.4 cm³/mol. The quantitative estimate of drug-likeness (QED) is 0.775. The Morgan fingerprint density at radius 3 is 2.87 bits per heavy atom. The molecule has 0 saturated carbocycles. The van der Waals surface area contributed by atoms with E-state index in [2.05, 4.69) is 0 Å². The summed E-state index contributed by atoms with van der Waals surface area (Å²) in [5.41, 5.74) is 5.84. The number of carboxylic acids is 1. The second-order valence-electron chi connectivity index (χ2n) is 3.09. The molecule has 1 aromatic carbocycles. The number of benzene rings is 1. The van der Waals surface area contributed by atoms with Crippen LogP contribution in [-0.2, 0) is 4.79 Å². The Hall–Kier alpha value is -1.07. The molecule has 0 fully saturated rings. The van der Waals surface area contributed by atoms with Crippen molar-refractivity contribution >= 4 is 17.7 Å². The smallest absolute Gasteiger partial charge is 0.305 e. The number of aliphatic carboxylic acids is 1. The molecular weight excluding hydrogens is 217 g/mol. The molecule has 3 N–H and O–H groups in total. The minimum atomic E-state index is -1.03. The van der Waals surface area contributed by atoms with E-state index in [0.717, 1.165) is 4.90 Å². The minimum absolute atomic E-state index is 0.254. The standard InChI is InChI=1S/C10H12FNO2S/c1-15-6-2-3-8(11)7(4-6)9(12)5-10(13)14/h2-4,9H,5,12H2,1H3,(H,13,14). The van der Waals surface area contributed by atoms with Crippen LogP contribution < -0.4 is 5.73 Å². The van der Waals surface area contributed by atoms with Crippen molar-refractivity contribution in [1.29, 1.82) is 0 Å². The molecule has 0 saturated heterocycles. The van der Waals surface area contributed by atoms with E-state index in [1.807, 2.05) is 6.26 Å². The first-order valence-electron chi connectivity index (χ1n) is 4.35. The zero-order valence-corrected chi connectivity index (χ0v) is 9.05. The van der Waals surface area contributed by atoms with Crippen LogP contribution in [-0.4, -0.2) is 17.3 Å². The third-order valence-corrected chi connectivity index (χ3v) is 2.72. The fourth-order valence-corrected chi connectivity index (χ4v) is 1.68. The van der Waals surface area contributed by atoms with Crippen LogP contribution in [0.25, 0.3) is 0 Å². The average molecular weight is 229 g/mol. The first-order chi connectivity index (χ1) is 7.04. The predicted octanol–water partition coefficient (Wildman–Crippen LogP) is 2.02. The lowest BCUT2D eigenvalue weighted by atomic mass is 10.0. The maximum Gasteiger partial charge on any atom is 0.305 e. The number of halogens is 1. The van der Waals surface area contributed by atoms with E-state index < -0.39 is 17.8 Å². The monoisotopic (exact) mass is 229 g/mol. The summed E-state index contributed by atoms with van der Waals surface area (Å²) in [6, 6.07) is 3.74. The summed E-state index contributed by atoms with van der Waals surface area (Å²) in [5.74, 6) is -1.49. The van der Waals surface area contributed by atoms with E-state index in [0.29, 0.717) is 0 Å². The number of nitrogens with two attached hydrogens (primary N) is 1. The molecule has 15 heavy (non-hydrogen) atoms. The molecule has 0 heterocycles. The molecule has 82 valence electrons. The molecule has 1 unspecified atom stereocenters. The summed E-state index contributed by atoms with van der Waals surface area (Å²) in [5, 5.41) is 8.55. The summed E-state index contributed by atoms with van der Waals surface area (Å²) in [4.78, 5) is 11.3. The minimum Gasteiger partial charge on any atom is -0.481 e. The van der Waals surface area contributed by atoms with Crippen molar-refractivity contribution in [2.45, 2.75) is 17.4 Å². The lowest BCUT2D eigenvalue weighted by Gasteiger charge is -2.11. The van der Waals surface area contributed by atoms with E-state index in [9.17, 15) is 9.18 Å². The summed E-state index contributed by atoms with van der Waals surface area (Å²) in [6.07, 6.45) is 1.59. The highest BCUT2D eigenvalue weighted by Crippen LogP contribution is 2.23. The van der Waals surface area contributed by atoms with Gasteiger partial charge in [-0.1, -0.05) is 0 Å². The fourth-order valence-electron chi connectivity index (χ4n) is 1.23. The van der Waals surface area contributed by atoms with Crippen LogP contribution in [0.1, 0.15) is 18.0 Å². The molecular formula is C10H12FNO2S. The molecule has 0 aliphatic heterocycles. The van der Waals surface area contributed by atoms with Crippen molar-refractivity contribution < 1.29 is 14.3 Å². The van der Waals surface area contributed by atoms with Crippen molar-refractivity contribution in [2.24, 2.45) is 5.73 Å². The first-order valence-corrected chi connectivity index (χ1v) is 5.58. The van der Waals surface area contributed by atoms with E-state index in [1.54, 1.807) is 12.1 Å². The van der Waals surface area contributed by atoms with Gasteiger partial charge in [0.2, 0.25) is 0 Å². The van der Waals surface area contributed by atoms with Crippen molar-refractivity contribution in [1.82, 2.24) is 0 Å². The number of carboxylic acid groups (broad SMARTS) is 1. The van der Waals surface area contributed by atoms with Crippen molar-refractivity contribution in [3.8, 4) is 0 Å². The van der Waals surface area contributed by atoms with E-state index in [1.165, 1.54) is 17.8 Å². The third-order valence-electron chi connectivity index (χ3n) is 2.00. The molecule has 5 heteroatoms. The van der Waals surface area contributed by atoms with Gasteiger partial charge in [-0.2, -0.15) is 0 Å². The average Bonchev–Trinajstić information content (AvgIpc) is 2.17. The summed E-state index contributed by atoms with van der Waals surface area (Å²) >= 11 is 1.46.